The van der Waals surface area contributed by atoms with Crippen molar-refractivity contribution in [1.29, 1.82) is 0 Å². The number of imidazole rings is 1. The predicted molar refractivity (Wildman–Crippen MR) is 126 cm³/mol. The van der Waals surface area contributed by atoms with E-state index in [2.05, 4.69) is 56.3 Å². The summed E-state index contributed by atoms with van der Waals surface area (Å²) in [5.74, 6) is 0.795. The van der Waals surface area contributed by atoms with Gasteiger partial charge in [-0.2, -0.15) is 0 Å². The summed E-state index contributed by atoms with van der Waals surface area (Å²) >= 11 is 4.36. The number of aryl methyl sites for hydroxylation is 1. The molecule has 2 aromatic carbocycles. The van der Waals surface area contributed by atoms with Gasteiger partial charge in [0.25, 0.3) is 0 Å². The van der Waals surface area contributed by atoms with Crippen LogP contribution in [-0.2, 0) is 12.8 Å². The molecule has 0 saturated carbocycles. The highest BCUT2D eigenvalue weighted by Gasteiger charge is 2.33. The fourth-order valence-corrected chi connectivity index (χ4v) is 5.21. The molecule has 2 aromatic heterocycles. The number of nitrogens with zero attached hydrogens (tertiary/aromatic N) is 5. The number of anilines is 1. The van der Waals surface area contributed by atoms with Crippen molar-refractivity contribution in [2.45, 2.75) is 30.5 Å². The summed E-state index contributed by atoms with van der Waals surface area (Å²) in [4.78, 5) is 16.2. The molecule has 6 rings (SSSR count). The van der Waals surface area contributed by atoms with E-state index in [4.69, 9.17) is 4.98 Å². The fourth-order valence-electron chi connectivity index (χ4n) is 5.03. The molecule has 0 bridgehead atoms. The second kappa shape index (κ2) is 7.74. The summed E-state index contributed by atoms with van der Waals surface area (Å²) in [6.45, 7) is 1.96. The van der Waals surface area contributed by atoms with Gasteiger partial charge in [0, 0.05) is 37.0 Å². The van der Waals surface area contributed by atoms with Crippen molar-refractivity contribution in [3.05, 3.63) is 78.0 Å². The van der Waals surface area contributed by atoms with Crippen LogP contribution in [0.25, 0.3) is 22.6 Å². The monoisotopic (exact) mass is 443 g/mol. The van der Waals surface area contributed by atoms with Gasteiger partial charge in [-0.3, -0.25) is 0 Å². The number of fused-ring (bicyclic) bond motifs is 2. The predicted octanol–water partition coefficient (Wildman–Crippen LogP) is 4.98. The van der Waals surface area contributed by atoms with E-state index in [1.165, 1.54) is 23.4 Å². The number of thiol groups is 1. The van der Waals surface area contributed by atoms with Crippen molar-refractivity contribution in [2.24, 2.45) is 0 Å². The molecule has 32 heavy (non-hydrogen) atoms. The maximum Gasteiger partial charge on any atom is 0.184 e. The molecule has 5 nitrogen and oxygen atoms in total. The zero-order valence-electron chi connectivity index (χ0n) is 17.4. The molecule has 0 saturated heterocycles. The van der Waals surface area contributed by atoms with Crippen molar-refractivity contribution in [3.8, 4) is 22.6 Å². The smallest absolute Gasteiger partial charge is 0.184 e. The van der Waals surface area contributed by atoms with E-state index >= 15 is 0 Å². The van der Waals surface area contributed by atoms with E-state index in [9.17, 15) is 4.39 Å². The van der Waals surface area contributed by atoms with E-state index < -0.39 is 0 Å². The van der Waals surface area contributed by atoms with Crippen LogP contribution in [0.2, 0.25) is 0 Å². The molecule has 1 unspecified atom stereocenters. The van der Waals surface area contributed by atoms with E-state index in [1.807, 2.05) is 6.07 Å². The fraction of sp³-hybridized carbons (Fsp3) is 0.240. The highest BCUT2D eigenvalue weighted by molar-refractivity contribution is 7.80. The van der Waals surface area contributed by atoms with Crippen molar-refractivity contribution >= 4 is 18.3 Å². The molecule has 0 N–H and O–H groups in total. The van der Waals surface area contributed by atoms with E-state index in [1.54, 1.807) is 18.3 Å². The van der Waals surface area contributed by atoms with E-state index in [0.29, 0.717) is 5.16 Å². The summed E-state index contributed by atoms with van der Waals surface area (Å²) in [5.41, 5.74) is 6.21. The Labute approximate surface area is 191 Å². The summed E-state index contributed by atoms with van der Waals surface area (Å²) in [7, 11) is 0. The van der Waals surface area contributed by atoms with Gasteiger partial charge in [0.05, 0.1) is 23.1 Å². The maximum absolute atomic E-state index is 13.6. The van der Waals surface area contributed by atoms with Gasteiger partial charge < -0.3 is 9.47 Å². The lowest BCUT2D eigenvalue weighted by molar-refractivity contribution is 0.523. The molecular weight excluding hydrogens is 421 g/mol. The van der Waals surface area contributed by atoms with Crippen molar-refractivity contribution in [1.82, 2.24) is 19.5 Å². The standard InChI is InChI=1S/C25H22FN5S/c26-18-7-5-17(6-8-18)23-24(20-11-13-27-25(32)28-20)31-19(9-10-22(31)29-23)15-30-14-12-16-3-1-2-4-21(16)30/h1-8,11,13,19H,9-10,12,14-15H2,(H,27,28,32). The third kappa shape index (κ3) is 3.28. The minimum atomic E-state index is -0.257. The van der Waals surface area contributed by atoms with Crippen molar-refractivity contribution in [2.75, 3.05) is 18.0 Å². The number of rotatable bonds is 4. The lowest BCUT2D eigenvalue weighted by Crippen LogP contribution is -2.28. The Kier molecular flexibility index (Phi) is 4.72. The van der Waals surface area contributed by atoms with E-state index in [-0.39, 0.29) is 11.9 Å². The first-order valence-electron chi connectivity index (χ1n) is 10.9. The van der Waals surface area contributed by atoms with Gasteiger partial charge in [0.15, 0.2) is 5.16 Å². The Morgan fingerprint density at radius 3 is 2.69 bits per heavy atom. The number of hydrogen-bond donors (Lipinski definition) is 1. The molecule has 2 aliphatic heterocycles. The first kappa shape index (κ1) is 19.5. The molecule has 0 radical (unpaired) electrons. The highest BCUT2D eigenvalue weighted by atomic mass is 32.1. The molecule has 0 fully saturated rings. The van der Waals surface area contributed by atoms with Crippen LogP contribution in [0.5, 0.6) is 0 Å². The van der Waals surface area contributed by atoms with Gasteiger partial charge in [-0.15, -0.1) is 12.6 Å². The molecule has 4 heterocycles. The average molecular weight is 444 g/mol. The first-order chi connectivity index (χ1) is 15.7. The van der Waals surface area contributed by atoms with Crippen LogP contribution in [0.4, 0.5) is 10.1 Å². The second-order valence-electron chi connectivity index (χ2n) is 8.36. The Morgan fingerprint density at radius 1 is 1.00 bits per heavy atom. The van der Waals surface area contributed by atoms with Crippen LogP contribution in [-0.4, -0.2) is 32.6 Å². The Morgan fingerprint density at radius 2 is 1.84 bits per heavy atom. The summed E-state index contributed by atoms with van der Waals surface area (Å²) in [6.07, 6.45) is 4.76. The quantitative estimate of drug-likeness (QED) is 0.357. The number of para-hydroxylation sites is 1. The molecule has 7 heteroatoms. The number of hydrogen-bond acceptors (Lipinski definition) is 5. The zero-order chi connectivity index (χ0) is 21.7. The Hall–Kier alpha value is -3.19. The van der Waals surface area contributed by atoms with Gasteiger partial charge in [0.2, 0.25) is 0 Å². The highest BCUT2D eigenvalue weighted by Crippen LogP contribution is 2.40. The minimum absolute atomic E-state index is 0.257. The van der Waals surface area contributed by atoms with Gasteiger partial charge in [-0.25, -0.2) is 19.3 Å². The van der Waals surface area contributed by atoms with Crippen molar-refractivity contribution in [3.63, 3.8) is 0 Å². The van der Waals surface area contributed by atoms with Crippen LogP contribution in [0, 0.1) is 5.82 Å². The normalized spacial score (nSPS) is 16.9. The topological polar surface area (TPSA) is 46.8 Å². The lowest BCUT2D eigenvalue weighted by atomic mass is 10.1. The average Bonchev–Trinajstić information content (AvgIpc) is 3.49. The molecular formula is C25H22FN5S. The molecule has 4 aromatic rings. The Balaban J connectivity index is 1.45. The second-order valence-corrected chi connectivity index (χ2v) is 8.76. The molecule has 0 spiro atoms. The van der Waals surface area contributed by atoms with Crippen LogP contribution in [0.15, 0.2) is 66.0 Å². The summed E-state index contributed by atoms with van der Waals surface area (Å²) < 4.78 is 15.9. The van der Waals surface area contributed by atoms with Crippen LogP contribution in [0.1, 0.15) is 23.9 Å². The van der Waals surface area contributed by atoms with E-state index in [0.717, 1.165) is 60.8 Å². The lowest BCUT2D eigenvalue weighted by Gasteiger charge is -2.26. The van der Waals surface area contributed by atoms with Gasteiger partial charge in [-0.1, -0.05) is 18.2 Å². The summed E-state index contributed by atoms with van der Waals surface area (Å²) in [5, 5.41) is 0.422. The molecule has 2 aliphatic rings. The largest absolute Gasteiger partial charge is 0.369 e. The number of benzene rings is 2. The number of aromatic nitrogens is 4. The number of halogens is 1. The van der Waals surface area contributed by atoms with Gasteiger partial charge in [-0.05, 0) is 54.8 Å². The molecule has 1 atom stereocenters. The van der Waals surface area contributed by atoms with Crippen LogP contribution in [0.3, 0.4) is 0 Å². The molecule has 0 aliphatic carbocycles. The third-order valence-corrected chi connectivity index (χ3v) is 6.68. The zero-order valence-corrected chi connectivity index (χ0v) is 18.3. The Bertz CT molecular complexity index is 1300. The maximum atomic E-state index is 13.6. The van der Waals surface area contributed by atoms with Gasteiger partial charge in [0.1, 0.15) is 11.6 Å². The third-order valence-electron chi connectivity index (χ3n) is 6.47. The van der Waals surface area contributed by atoms with Crippen LogP contribution < -0.4 is 4.90 Å². The van der Waals surface area contributed by atoms with Gasteiger partial charge >= 0.3 is 0 Å². The summed E-state index contributed by atoms with van der Waals surface area (Å²) in [6, 6.07) is 17.4. The minimum Gasteiger partial charge on any atom is -0.369 e. The van der Waals surface area contributed by atoms with Crippen LogP contribution >= 0.6 is 12.6 Å². The first-order valence-corrected chi connectivity index (χ1v) is 11.3. The molecule has 0 amide bonds. The van der Waals surface area contributed by atoms with Crippen molar-refractivity contribution < 1.29 is 4.39 Å². The molecule has 160 valence electrons. The SMILES string of the molecule is Fc1ccc(-c2nc3n(c2-c2ccnc(S)n2)C(CN2CCc4ccccc42)CC3)cc1.